The minimum atomic E-state index is -0.228. The molecule has 1 aliphatic carbocycles. The molecule has 136 valence electrons. The summed E-state index contributed by atoms with van der Waals surface area (Å²) in [5.74, 6) is 1.59. The third-order valence-electron chi connectivity index (χ3n) is 6.24. The smallest absolute Gasteiger partial charge is 0.302 e. The maximum absolute atomic E-state index is 11.4. The van der Waals surface area contributed by atoms with Crippen LogP contribution in [-0.2, 0) is 14.3 Å². The van der Waals surface area contributed by atoms with E-state index in [0.717, 1.165) is 5.75 Å². The predicted octanol–water partition coefficient (Wildman–Crippen LogP) is 4.16. The molecule has 0 spiro atoms. The minimum Gasteiger partial charge on any atom is -0.497 e. The lowest BCUT2D eigenvalue weighted by molar-refractivity contribution is -0.180. The predicted molar refractivity (Wildman–Crippen MR) is 96.3 cm³/mol. The molecule has 0 amide bonds. The van der Waals surface area contributed by atoms with Gasteiger partial charge in [-0.2, -0.15) is 0 Å². The molecular weight excluding hydrogens is 316 g/mol. The van der Waals surface area contributed by atoms with Crippen LogP contribution in [0.2, 0.25) is 0 Å². The molecule has 4 nitrogen and oxygen atoms in total. The summed E-state index contributed by atoms with van der Waals surface area (Å²) in [6, 6.07) is 8.13. The molecular formula is C21H28O4. The first-order chi connectivity index (χ1) is 11.9. The van der Waals surface area contributed by atoms with Crippen molar-refractivity contribution >= 4 is 5.97 Å². The van der Waals surface area contributed by atoms with E-state index in [1.54, 1.807) is 7.11 Å². The molecule has 2 aliphatic rings. The van der Waals surface area contributed by atoms with Crippen molar-refractivity contribution in [2.45, 2.75) is 33.8 Å². The van der Waals surface area contributed by atoms with Crippen molar-refractivity contribution in [3.8, 4) is 5.75 Å². The number of carbonyl (C=O) groups is 1. The Morgan fingerprint density at radius 3 is 2.56 bits per heavy atom. The number of esters is 1. The molecule has 25 heavy (non-hydrogen) atoms. The topological polar surface area (TPSA) is 44.8 Å². The molecule has 0 N–H and O–H groups in total. The molecule has 0 saturated carbocycles. The summed E-state index contributed by atoms with van der Waals surface area (Å²) in [5, 5.41) is 0. The first-order valence-corrected chi connectivity index (χ1v) is 8.96. The second kappa shape index (κ2) is 6.83. The number of hydrogen-bond donors (Lipinski definition) is 0. The van der Waals surface area contributed by atoms with Crippen LogP contribution in [0.1, 0.15) is 39.4 Å². The van der Waals surface area contributed by atoms with Gasteiger partial charge in [0.2, 0.25) is 0 Å². The summed E-state index contributed by atoms with van der Waals surface area (Å²) >= 11 is 0. The quantitative estimate of drug-likeness (QED) is 0.607. The van der Waals surface area contributed by atoms with Gasteiger partial charge in [0, 0.05) is 18.3 Å². The van der Waals surface area contributed by atoms with E-state index in [1.165, 1.54) is 18.1 Å². The van der Waals surface area contributed by atoms with Crippen LogP contribution < -0.4 is 4.74 Å². The number of methoxy groups -OCH3 is 1. The number of rotatable bonds is 4. The van der Waals surface area contributed by atoms with Gasteiger partial charge in [-0.05, 0) is 36.5 Å². The third-order valence-corrected chi connectivity index (χ3v) is 6.24. The van der Waals surface area contributed by atoms with Crippen molar-refractivity contribution in [2.24, 2.45) is 23.2 Å². The Balaban J connectivity index is 1.92. The van der Waals surface area contributed by atoms with Gasteiger partial charge in [-0.15, -0.1) is 0 Å². The van der Waals surface area contributed by atoms with E-state index in [4.69, 9.17) is 14.2 Å². The Kier molecular flexibility index (Phi) is 4.92. The fourth-order valence-corrected chi connectivity index (χ4v) is 4.59. The number of allylic oxidation sites excluding steroid dienone is 1. The van der Waals surface area contributed by atoms with Crippen LogP contribution in [-0.4, -0.2) is 26.3 Å². The normalized spacial score (nSPS) is 34.2. The lowest BCUT2D eigenvalue weighted by Crippen LogP contribution is -2.54. The van der Waals surface area contributed by atoms with Gasteiger partial charge in [0.1, 0.15) is 5.75 Å². The molecule has 4 heteroatoms. The SMILES string of the molecule is COc1ccc([C@@H]2OC[C@]3(COC(C)=O)[C@H](C)C=C(C)[C@@H]2[C@@H]3C)cc1. The molecule has 1 heterocycles. The number of benzene rings is 1. The van der Waals surface area contributed by atoms with Crippen molar-refractivity contribution in [3.05, 3.63) is 41.5 Å². The highest BCUT2D eigenvalue weighted by molar-refractivity contribution is 5.66. The monoisotopic (exact) mass is 344 g/mol. The van der Waals surface area contributed by atoms with Gasteiger partial charge in [0.15, 0.2) is 0 Å². The Labute approximate surface area is 150 Å². The lowest BCUT2D eigenvalue weighted by atomic mass is 9.56. The Morgan fingerprint density at radius 2 is 1.96 bits per heavy atom. The van der Waals surface area contributed by atoms with Gasteiger partial charge in [-0.3, -0.25) is 4.79 Å². The van der Waals surface area contributed by atoms with Gasteiger partial charge >= 0.3 is 5.97 Å². The largest absolute Gasteiger partial charge is 0.497 e. The van der Waals surface area contributed by atoms with E-state index in [9.17, 15) is 4.79 Å². The number of carbonyl (C=O) groups excluding carboxylic acids is 1. The number of hydrogen-bond acceptors (Lipinski definition) is 4. The molecule has 1 aliphatic heterocycles. The zero-order chi connectivity index (χ0) is 18.2. The van der Waals surface area contributed by atoms with Crippen LogP contribution in [0, 0.1) is 23.2 Å². The molecule has 1 aromatic rings. The van der Waals surface area contributed by atoms with Gasteiger partial charge in [-0.25, -0.2) is 0 Å². The van der Waals surface area contributed by atoms with Crippen molar-refractivity contribution in [3.63, 3.8) is 0 Å². The molecule has 0 radical (unpaired) electrons. The zero-order valence-corrected chi connectivity index (χ0v) is 15.7. The minimum absolute atomic E-state index is 0.0232. The molecule has 3 rings (SSSR count). The highest BCUT2D eigenvalue weighted by atomic mass is 16.5. The maximum atomic E-state index is 11.4. The molecule has 0 unspecified atom stereocenters. The van der Waals surface area contributed by atoms with Crippen molar-refractivity contribution in [1.29, 1.82) is 0 Å². The average molecular weight is 344 g/mol. The summed E-state index contributed by atoms with van der Waals surface area (Å²) in [6.07, 6.45) is 2.36. The van der Waals surface area contributed by atoms with Crippen molar-refractivity contribution in [1.82, 2.24) is 0 Å². The fraction of sp³-hybridized carbons (Fsp3) is 0.571. The first-order valence-electron chi connectivity index (χ1n) is 8.96. The van der Waals surface area contributed by atoms with E-state index in [0.29, 0.717) is 25.0 Å². The van der Waals surface area contributed by atoms with Crippen LogP contribution in [0.15, 0.2) is 35.9 Å². The first kappa shape index (κ1) is 18.0. The summed E-state index contributed by atoms with van der Waals surface area (Å²) in [5.41, 5.74) is 2.37. The highest BCUT2D eigenvalue weighted by Gasteiger charge is 2.54. The van der Waals surface area contributed by atoms with Gasteiger partial charge in [0.25, 0.3) is 0 Å². The van der Waals surface area contributed by atoms with Gasteiger partial charge in [-0.1, -0.05) is 37.6 Å². The van der Waals surface area contributed by atoms with E-state index in [-0.39, 0.29) is 23.4 Å². The molecule has 1 aromatic carbocycles. The van der Waals surface area contributed by atoms with Crippen LogP contribution in [0.3, 0.4) is 0 Å². The second-order valence-corrected chi connectivity index (χ2v) is 7.53. The summed E-state index contributed by atoms with van der Waals surface area (Å²) in [7, 11) is 1.67. The van der Waals surface area contributed by atoms with Crippen LogP contribution in [0.25, 0.3) is 0 Å². The number of fused-ring (bicyclic) bond motifs is 2. The van der Waals surface area contributed by atoms with Crippen molar-refractivity contribution < 1.29 is 19.0 Å². The highest BCUT2D eigenvalue weighted by Crippen LogP contribution is 2.56. The van der Waals surface area contributed by atoms with Gasteiger partial charge < -0.3 is 14.2 Å². The van der Waals surface area contributed by atoms with Crippen LogP contribution in [0.5, 0.6) is 5.75 Å². The maximum Gasteiger partial charge on any atom is 0.302 e. The van der Waals surface area contributed by atoms with E-state index in [2.05, 4.69) is 39.0 Å². The van der Waals surface area contributed by atoms with Crippen molar-refractivity contribution in [2.75, 3.05) is 20.3 Å². The Morgan fingerprint density at radius 1 is 1.28 bits per heavy atom. The third kappa shape index (κ3) is 3.08. The van der Waals surface area contributed by atoms with Crippen LogP contribution >= 0.6 is 0 Å². The summed E-state index contributed by atoms with van der Waals surface area (Å²) < 4.78 is 17.1. The summed E-state index contributed by atoms with van der Waals surface area (Å²) in [4.78, 5) is 11.4. The van der Waals surface area contributed by atoms with E-state index >= 15 is 0 Å². The molecule has 2 bridgehead atoms. The molecule has 1 saturated heterocycles. The Bertz CT molecular complexity index is 663. The standard InChI is InChI=1S/C21H28O4/c1-13-10-14(2)21(11-24-16(4)22)12-25-20(19(13)15(21)3)17-6-8-18(23-5)9-7-17/h6-10,14-15,19-20H,11-12H2,1-5H3/t14-,15+,19-,20+,21-/m1/s1. The lowest BCUT2D eigenvalue weighted by Gasteiger charge is -2.55. The fourth-order valence-electron chi connectivity index (χ4n) is 4.59. The zero-order valence-electron chi connectivity index (χ0n) is 15.7. The molecule has 1 fully saturated rings. The summed E-state index contributed by atoms with van der Waals surface area (Å²) in [6.45, 7) is 9.16. The van der Waals surface area contributed by atoms with Crippen LogP contribution in [0.4, 0.5) is 0 Å². The molecule has 0 aromatic heterocycles. The second-order valence-electron chi connectivity index (χ2n) is 7.53. The average Bonchev–Trinajstić information content (AvgIpc) is 2.59. The Hall–Kier alpha value is -1.81. The van der Waals surface area contributed by atoms with E-state index < -0.39 is 0 Å². The van der Waals surface area contributed by atoms with E-state index in [1.807, 2.05) is 12.1 Å². The van der Waals surface area contributed by atoms with Gasteiger partial charge in [0.05, 0.1) is 26.4 Å². The molecule has 5 atom stereocenters. The number of ether oxygens (including phenoxy) is 3.